The number of fused-ring (bicyclic) bond motifs is 4. The number of rotatable bonds is 1. The highest BCUT2D eigenvalue weighted by Gasteiger charge is 2.53. The van der Waals surface area contributed by atoms with Gasteiger partial charge in [-0.05, 0) is 31.0 Å². The number of para-hydroxylation sites is 1. The van der Waals surface area contributed by atoms with Gasteiger partial charge in [0.1, 0.15) is 11.4 Å². The monoisotopic (exact) mass is 397 g/mol. The third-order valence-electron chi connectivity index (χ3n) is 6.64. The van der Waals surface area contributed by atoms with Crippen LogP contribution in [0.15, 0.2) is 42.5 Å². The van der Waals surface area contributed by atoms with Crippen LogP contribution in [0.4, 0.5) is 4.39 Å². The Morgan fingerprint density at radius 1 is 1.14 bits per heavy atom. The van der Waals surface area contributed by atoms with Gasteiger partial charge in [-0.15, -0.1) is 0 Å². The van der Waals surface area contributed by atoms with E-state index in [9.17, 15) is 14.3 Å². The minimum atomic E-state index is -0.494. The molecule has 2 aromatic carbocycles. The van der Waals surface area contributed by atoms with Gasteiger partial charge in [0.2, 0.25) is 0 Å². The Morgan fingerprint density at radius 2 is 1.93 bits per heavy atom. The van der Waals surface area contributed by atoms with Crippen LogP contribution in [0.25, 0.3) is 0 Å². The highest BCUT2D eigenvalue weighted by molar-refractivity contribution is 5.94. The number of halogens is 1. The molecule has 3 aliphatic heterocycles. The van der Waals surface area contributed by atoms with E-state index in [0.717, 1.165) is 18.4 Å². The van der Waals surface area contributed by atoms with E-state index in [-0.39, 0.29) is 29.2 Å². The lowest BCUT2D eigenvalue weighted by molar-refractivity contribution is -0.147. The Labute approximate surface area is 169 Å². The molecule has 0 saturated carbocycles. The first kappa shape index (κ1) is 18.4. The molecule has 5 rings (SSSR count). The number of carbonyl (C=O) groups is 1. The standard InChI is InChI=1S/C23H24FNO4/c24-18-8-2-1-5-15(18)22(27)25-12-10-23(11-13-25)17-7-4-14-28-20(17)16-6-3-9-19(26)21(16)29-23/h1-3,5-6,8-9,17,20,26H,4,7,10-14H2/t17-,20+/m0/s1. The van der Waals surface area contributed by atoms with E-state index < -0.39 is 11.4 Å². The molecule has 1 amide bonds. The van der Waals surface area contributed by atoms with Gasteiger partial charge in [-0.25, -0.2) is 4.39 Å². The van der Waals surface area contributed by atoms with Crippen molar-refractivity contribution in [3.05, 3.63) is 59.4 Å². The number of benzene rings is 2. The third-order valence-corrected chi connectivity index (χ3v) is 6.64. The molecule has 0 bridgehead atoms. The quantitative estimate of drug-likeness (QED) is 0.788. The van der Waals surface area contributed by atoms with Crippen LogP contribution in [-0.4, -0.2) is 41.2 Å². The molecule has 0 aliphatic carbocycles. The van der Waals surface area contributed by atoms with Crippen LogP contribution in [0.5, 0.6) is 11.5 Å². The molecule has 2 fully saturated rings. The molecule has 2 aromatic rings. The maximum atomic E-state index is 14.1. The van der Waals surface area contributed by atoms with Crippen molar-refractivity contribution in [2.24, 2.45) is 5.92 Å². The van der Waals surface area contributed by atoms with Crippen molar-refractivity contribution < 1.29 is 23.8 Å². The lowest BCUT2D eigenvalue weighted by atomic mass is 9.70. The average Bonchev–Trinajstić information content (AvgIpc) is 2.75. The van der Waals surface area contributed by atoms with Crippen LogP contribution in [-0.2, 0) is 4.74 Å². The van der Waals surface area contributed by atoms with Gasteiger partial charge in [0.15, 0.2) is 11.5 Å². The normalized spacial score (nSPS) is 25.1. The predicted molar refractivity (Wildman–Crippen MR) is 104 cm³/mol. The number of phenols is 1. The van der Waals surface area contributed by atoms with Crippen LogP contribution in [0.3, 0.4) is 0 Å². The summed E-state index contributed by atoms with van der Waals surface area (Å²) >= 11 is 0. The Hall–Kier alpha value is -2.60. The molecule has 3 aliphatic rings. The maximum Gasteiger partial charge on any atom is 0.256 e. The molecule has 6 heteroatoms. The summed E-state index contributed by atoms with van der Waals surface area (Å²) in [6.45, 7) is 1.67. The van der Waals surface area contributed by atoms with Crippen LogP contribution in [0.2, 0.25) is 0 Å². The highest BCUT2D eigenvalue weighted by Crippen LogP contribution is 2.55. The zero-order valence-corrected chi connectivity index (χ0v) is 16.1. The van der Waals surface area contributed by atoms with Crippen molar-refractivity contribution in [2.45, 2.75) is 37.4 Å². The number of aromatic hydroxyl groups is 1. The number of likely N-dealkylation sites (tertiary alicyclic amines) is 1. The molecule has 0 radical (unpaired) electrons. The van der Waals surface area contributed by atoms with Gasteiger partial charge in [0.05, 0.1) is 11.7 Å². The Bertz CT molecular complexity index is 938. The molecule has 2 saturated heterocycles. The molecule has 152 valence electrons. The summed E-state index contributed by atoms with van der Waals surface area (Å²) in [5, 5.41) is 10.4. The van der Waals surface area contributed by atoms with Gasteiger partial charge in [0.25, 0.3) is 5.91 Å². The maximum absolute atomic E-state index is 14.1. The minimum Gasteiger partial charge on any atom is -0.504 e. The average molecular weight is 397 g/mol. The molecule has 2 atom stereocenters. The van der Waals surface area contributed by atoms with Crippen LogP contribution >= 0.6 is 0 Å². The van der Waals surface area contributed by atoms with Crippen LogP contribution in [0.1, 0.15) is 47.7 Å². The number of hydrogen-bond donors (Lipinski definition) is 1. The summed E-state index contributed by atoms with van der Waals surface area (Å²) < 4.78 is 26.7. The largest absolute Gasteiger partial charge is 0.504 e. The van der Waals surface area contributed by atoms with Crippen molar-refractivity contribution >= 4 is 5.91 Å². The van der Waals surface area contributed by atoms with Gasteiger partial charge in [-0.2, -0.15) is 0 Å². The fraction of sp³-hybridized carbons (Fsp3) is 0.435. The Kier molecular flexibility index (Phi) is 4.46. The second-order valence-corrected chi connectivity index (χ2v) is 8.17. The van der Waals surface area contributed by atoms with Gasteiger partial charge < -0.3 is 19.5 Å². The van der Waals surface area contributed by atoms with E-state index in [4.69, 9.17) is 9.47 Å². The highest BCUT2D eigenvalue weighted by atomic mass is 19.1. The van der Waals surface area contributed by atoms with Crippen molar-refractivity contribution in [3.8, 4) is 11.5 Å². The van der Waals surface area contributed by atoms with Gasteiger partial charge in [-0.3, -0.25) is 4.79 Å². The van der Waals surface area contributed by atoms with E-state index in [1.807, 2.05) is 12.1 Å². The van der Waals surface area contributed by atoms with Crippen molar-refractivity contribution in [1.29, 1.82) is 0 Å². The van der Waals surface area contributed by atoms with E-state index >= 15 is 0 Å². The molecule has 29 heavy (non-hydrogen) atoms. The summed E-state index contributed by atoms with van der Waals surface area (Å²) in [4.78, 5) is 14.5. The first-order valence-electron chi connectivity index (χ1n) is 10.3. The third kappa shape index (κ3) is 2.97. The molecular weight excluding hydrogens is 373 g/mol. The predicted octanol–water partition coefficient (Wildman–Crippen LogP) is 4.07. The lowest BCUT2D eigenvalue weighted by Crippen LogP contribution is -2.57. The van der Waals surface area contributed by atoms with E-state index in [1.165, 1.54) is 12.1 Å². The summed E-state index contributed by atoms with van der Waals surface area (Å²) in [5.41, 5.74) is 0.531. The first-order chi connectivity index (χ1) is 14.1. The van der Waals surface area contributed by atoms with E-state index in [2.05, 4.69) is 0 Å². The van der Waals surface area contributed by atoms with Crippen molar-refractivity contribution in [2.75, 3.05) is 19.7 Å². The van der Waals surface area contributed by atoms with E-state index in [0.29, 0.717) is 38.3 Å². The zero-order valence-electron chi connectivity index (χ0n) is 16.1. The molecule has 5 nitrogen and oxygen atoms in total. The van der Waals surface area contributed by atoms with Crippen molar-refractivity contribution in [1.82, 2.24) is 4.90 Å². The van der Waals surface area contributed by atoms with Crippen molar-refractivity contribution in [3.63, 3.8) is 0 Å². The van der Waals surface area contributed by atoms with Gasteiger partial charge >= 0.3 is 0 Å². The summed E-state index contributed by atoms with van der Waals surface area (Å²) in [7, 11) is 0. The molecular formula is C23H24FNO4. The van der Waals surface area contributed by atoms with Gasteiger partial charge in [0, 0.05) is 44.0 Å². The smallest absolute Gasteiger partial charge is 0.256 e. The molecule has 3 heterocycles. The molecule has 1 N–H and O–H groups in total. The fourth-order valence-corrected chi connectivity index (χ4v) is 5.15. The topological polar surface area (TPSA) is 59.0 Å². The first-order valence-corrected chi connectivity index (χ1v) is 10.3. The summed E-state index contributed by atoms with van der Waals surface area (Å²) in [6, 6.07) is 11.5. The summed E-state index contributed by atoms with van der Waals surface area (Å²) in [5.74, 6) is 0.0277. The van der Waals surface area contributed by atoms with Crippen LogP contribution < -0.4 is 4.74 Å². The number of piperidine rings is 1. The number of hydrogen-bond acceptors (Lipinski definition) is 4. The number of nitrogens with zero attached hydrogens (tertiary/aromatic N) is 1. The molecule has 0 aromatic heterocycles. The lowest BCUT2D eigenvalue weighted by Gasteiger charge is -2.53. The second-order valence-electron chi connectivity index (χ2n) is 8.17. The fourth-order valence-electron chi connectivity index (χ4n) is 5.15. The molecule has 1 spiro atoms. The summed E-state index contributed by atoms with van der Waals surface area (Å²) in [6.07, 6.45) is 3.12. The number of carbonyl (C=O) groups excluding carboxylic acids is 1. The minimum absolute atomic E-state index is 0.103. The Balaban J connectivity index is 1.41. The molecule has 0 unspecified atom stereocenters. The zero-order chi connectivity index (χ0) is 20.0. The van der Waals surface area contributed by atoms with Gasteiger partial charge in [-0.1, -0.05) is 24.3 Å². The Morgan fingerprint density at radius 3 is 2.72 bits per heavy atom. The number of amides is 1. The number of ether oxygens (including phenoxy) is 2. The number of phenolic OH excluding ortho intramolecular Hbond substituents is 1. The SMILES string of the molecule is O=C(c1ccccc1F)N1CCC2(CC1)Oc1c(O)cccc1[C@H]1OCCC[C@@H]12. The van der Waals surface area contributed by atoms with Crippen LogP contribution in [0, 0.1) is 11.7 Å². The second kappa shape index (κ2) is 7.02. The van der Waals surface area contributed by atoms with E-state index in [1.54, 1.807) is 23.1 Å².